The Morgan fingerprint density at radius 3 is 1.52 bits per heavy atom. The largest absolute Gasteiger partial charge is 0.294 e. The quantitative estimate of drug-likeness (QED) is 0.222. The van der Waals surface area contributed by atoms with Crippen molar-refractivity contribution in [3.05, 3.63) is 69.9 Å². The Bertz CT molecular complexity index is 1040. The molecule has 3 N–H and O–H groups in total. The van der Waals surface area contributed by atoms with Gasteiger partial charge in [0.25, 0.3) is 30.4 Å². The zero-order valence-electron chi connectivity index (χ0n) is 15.7. The van der Waals surface area contributed by atoms with E-state index in [2.05, 4.69) is 6.58 Å². The lowest BCUT2D eigenvalue weighted by atomic mass is 10.2. The molecule has 12 heteroatoms. The molecule has 9 nitrogen and oxygen atoms in total. The van der Waals surface area contributed by atoms with Gasteiger partial charge in [0, 0.05) is 0 Å². The van der Waals surface area contributed by atoms with Crippen LogP contribution in [-0.4, -0.2) is 38.9 Å². The van der Waals surface area contributed by atoms with E-state index in [1.54, 1.807) is 0 Å². The molecule has 0 aliphatic rings. The molecule has 0 aromatic heterocycles. The number of rotatable bonds is 12. The first-order chi connectivity index (χ1) is 13.2. The van der Waals surface area contributed by atoms with Crippen LogP contribution in [0, 0.1) is 0 Å². The fourth-order valence-electron chi connectivity index (χ4n) is 1.79. The van der Waals surface area contributed by atoms with Gasteiger partial charge in [-0.25, -0.2) is 0 Å². The normalized spacial score (nSPS) is 15.4. The predicted molar refractivity (Wildman–Crippen MR) is 112 cm³/mol. The average molecular weight is 469 g/mol. The lowest BCUT2D eigenvalue weighted by Crippen LogP contribution is -2.01. The Morgan fingerprint density at radius 2 is 1.14 bits per heavy atom. The summed E-state index contributed by atoms with van der Waals surface area (Å²) >= 11 is 0. The van der Waals surface area contributed by atoms with Crippen molar-refractivity contribution in [2.45, 2.75) is 32.6 Å². The van der Waals surface area contributed by atoms with E-state index in [0.29, 0.717) is 12.8 Å². The summed E-state index contributed by atoms with van der Waals surface area (Å²) in [5.74, 6) is 0. The van der Waals surface area contributed by atoms with Crippen LogP contribution >= 0.6 is 0 Å². The average Bonchev–Trinajstić information content (AvgIpc) is 2.55. The van der Waals surface area contributed by atoms with Gasteiger partial charge in [-0.3, -0.25) is 13.7 Å². The molecule has 0 bridgehead atoms. The summed E-state index contributed by atoms with van der Waals surface area (Å²) in [4.78, 5) is -1.54. The molecule has 29 heavy (non-hydrogen) atoms. The van der Waals surface area contributed by atoms with Crippen LogP contribution < -0.4 is 0 Å². The zero-order valence-corrected chi connectivity index (χ0v) is 18.1. The van der Waals surface area contributed by atoms with Gasteiger partial charge in [-0.1, -0.05) is 38.2 Å². The molecule has 0 unspecified atom stereocenters. The molecule has 0 rings (SSSR count). The molecule has 0 aromatic rings. The summed E-state index contributed by atoms with van der Waals surface area (Å²) in [5, 5.41) is 0. The maximum absolute atomic E-state index is 11.4. The molecule has 0 radical (unpaired) electrons. The van der Waals surface area contributed by atoms with E-state index >= 15 is 0 Å². The van der Waals surface area contributed by atoms with Gasteiger partial charge in [0.2, 0.25) is 0 Å². The van der Waals surface area contributed by atoms with Crippen molar-refractivity contribution in [1.82, 2.24) is 0 Å². The van der Waals surface area contributed by atoms with Crippen molar-refractivity contribution in [2.24, 2.45) is 0 Å². The van der Waals surface area contributed by atoms with Crippen LogP contribution in [0.4, 0.5) is 0 Å². The smallest absolute Gasteiger partial charge is 0.282 e. The molecule has 0 aliphatic carbocycles. The van der Waals surface area contributed by atoms with E-state index in [4.69, 9.17) is 9.11 Å². The first-order valence-corrected chi connectivity index (χ1v) is 12.6. The monoisotopic (exact) mass is 468 g/mol. The Hall–Kier alpha value is -1.83. The highest BCUT2D eigenvalue weighted by molar-refractivity contribution is 7.90. The van der Waals surface area contributed by atoms with Crippen LogP contribution in [0.25, 0.3) is 0 Å². The summed E-state index contributed by atoms with van der Waals surface area (Å²) in [6, 6.07) is 0. The first kappa shape index (κ1) is 27.2. The van der Waals surface area contributed by atoms with Crippen molar-refractivity contribution in [2.75, 3.05) is 0 Å². The summed E-state index contributed by atoms with van der Waals surface area (Å²) in [6.45, 7) is 5.02. The third-order valence-electron chi connectivity index (χ3n) is 3.21. The second kappa shape index (κ2) is 12.0. The number of unbranched alkanes of at least 4 members (excludes halogenated alkanes) is 2. The second-order valence-corrected chi connectivity index (χ2v) is 9.81. The first-order valence-electron chi connectivity index (χ1n) is 8.23. The fraction of sp³-hybridized carbons (Fsp3) is 0.294. The molecular formula is C17H24O9S3. The van der Waals surface area contributed by atoms with Gasteiger partial charge in [0.15, 0.2) is 0 Å². The summed E-state index contributed by atoms with van der Waals surface area (Å²) in [5.41, 5.74) is 0. The third-order valence-corrected chi connectivity index (χ3v) is 5.87. The van der Waals surface area contributed by atoms with E-state index in [1.165, 1.54) is 24.3 Å². The fourth-order valence-corrected chi connectivity index (χ4v) is 3.34. The molecule has 0 amide bonds. The lowest BCUT2D eigenvalue weighted by Gasteiger charge is -1.99. The van der Waals surface area contributed by atoms with Crippen LogP contribution in [-0.2, 0) is 30.4 Å². The van der Waals surface area contributed by atoms with Crippen molar-refractivity contribution in [3.63, 3.8) is 0 Å². The Labute approximate surface area is 171 Å². The molecule has 0 aromatic carbocycles. The molecule has 0 saturated heterocycles. The number of hydrogen-bond donors (Lipinski definition) is 3. The van der Waals surface area contributed by atoms with E-state index in [9.17, 15) is 29.8 Å². The van der Waals surface area contributed by atoms with Gasteiger partial charge in [0.05, 0.1) is 14.7 Å². The maximum atomic E-state index is 11.4. The van der Waals surface area contributed by atoms with Gasteiger partial charge < -0.3 is 0 Å². The molecule has 0 saturated carbocycles. The molecule has 0 aliphatic heterocycles. The maximum Gasteiger partial charge on any atom is 0.294 e. The van der Waals surface area contributed by atoms with E-state index in [-0.39, 0.29) is 17.7 Å². The van der Waals surface area contributed by atoms with Gasteiger partial charge in [-0.2, -0.15) is 25.3 Å². The van der Waals surface area contributed by atoms with Crippen molar-refractivity contribution in [3.8, 4) is 0 Å². The summed E-state index contributed by atoms with van der Waals surface area (Å²) in [6.07, 6.45) is 10.4. The summed E-state index contributed by atoms with van der Waals surface area (Å²) < 4.78 is 94.4. The predicted octanol–water partition coefficient (Wildman–Crippen LogP) is 3.18. The van der Waals surface area contributed by atoms with E-state index in [1.807, 2.05) is 6.92 Å². The van der Waals surface area contributed by atoms with E-state index < -0.39 is 40.2 Å². The SMILES string of the molecule is C=C/C(=C/C=C(/C=C/CC/C=C/C(=C/CCC)S(=O)(=O)O)S(=O)(=O)O)S(=O)(=O)O. The van der Waals surface area contributed by atoms with Gasteiger partial charge in [-0.05, 0) is 49.6 Å². The van der Waals surface area contributed by atoms with Crippen LogP contribution in [0.1, 0.15) is 32.6 Å². The zero-order chi connectivity index (χ0) is 22.7. The topological polar surface area (TPSA) is 163 Å². The standard InChI is InChI=1S/C17H24O9S3/c1-3-5-10-16(28(21,22)23)11-8-6-7-9-12-17(29(24,25)26)14-13-15(4-2)27(18,19)20/h4,8-14H,2-3,5-7H2,1H3,(H,18,19,20)(H,21,22,23)(H,24,25,26)/b11-8+,12-9+,15-13-,16-10-,17-14-. The Kier molecular flexibility index (Phi) is 11.2. The van der Waals surface area contributed by atoms with Crippen LogP contribution in [0.5, 0.6) is 0 Å². The minimum atomic E-state index is -4.67. The number of allylic oxidation sites excluding steroid dienone is 8. The van der Waals surface area contributed by atoms with Crippen molar-refractivity contribution < 1.29 is 38.9 Å². The molecule has 0 heterocycles. The highest BCUT2D eigenvalue weighted by Gasteiger charge is 2.12. The minimum absolute atomic E-state index is 0.242. The van der Waals surface area contributed by atoms with E-state index in [0.717, 1.165) is 24.3 Å². The molecule has 0 spiro atoms. The number of hydrogen-bond acceptors (Lipinski definition) is 6. The second-order valence-electron chi connectivity index (χ2n) is 5.54. The van der Waals surface area contributed by atoms with Gasteiger partial charge >= 0.3 is 0 Å². The lowest BCUT2D eigenvalue weighted by molar-refractivity contribution is 0.489. The highest BCUT2D eigenvalue weighted by Crippen LogP contribution is 2.13. The van der Waals surface area contributed by atoms with Crippen LogP contribution in [0.2, 0.25) is 0 Å². The third kappa shape index (κ3) is 11.7. The van der Waals surface area contributed by atoms with Crippen LogP contribution in [0.3, 0.4) is 0 Å². The van der Waals surface area contributed by atoms with Crippen molar-refractivity contribution in [1.29, 1.82) is 0 Å². The molecule has 0 atom stereocenters. The van der Waals surface area contributed by atoms with Crippen molar-refractivity contribution >= 4 is 30.4 Å². The summed E-state index contributed by atoms with van der Waals surface area (Å²) in [7, 11) is -13.6. The van der Waals surface area contributed by atoms with Gasteiger partial charge in [-0.15, -0.1) is 0 Å². The highest BCUT2D eigenvalue weighted by atomic mass is 32.2. The molecular weight excluding hydrogens is 444 g/mol. The molecule has 164 valence electrons. The Balaban J connectivity index is 5.33. The van der Waals surface area contributed by atoms with Gasteiger partial charge in [0.1, 0.15) is 0 Å². The Morgan fingerprint density at radius 1 is 0.724 bits per heavy atom. The molecule has 0 fully saturated rings. The minimum Gasteiger partial charge on any atom is -0.282 e. The van der Waals surface area contributed by atoms with Crippen LogP contribution in [0.15, 0.2) is 69.9 Å².